The van der Waals surface area contributed by atoms with Crippen molar-refractivity contribution in [2.75, 3.05) is 14.2 Å². The second-order valence-electron chi connectivity index (χ2n) is 4.69. The first-order valence-corrected chi connectivity index (χ1v) is 6.71. The van der Waals surface area contributed by atoms with E-state index in [-0.39, 0.29) is 12.1 Å². The van der Waals surface area contributed by atoms with E-state index >= 15 is 0 Å². The number of hydrogen-bond donors (Lipinski definition) is 2. The molecule has 0 unspecified atom stereocenters. The number of rotatable bonds is 4. The van der Waals surface area contributed by atoms with Gasteiger partial charge in [0, 0.05) is 24.2 Å². The van der Waals surface area contributed by atoms with Gasteiger partial charge in [0.25, 0.3) is 5.56 Å². The SMILES string of the molecule is COc1cccc(-c2cc3nc(CN)cc(=O)n3[nH]2)c1OC. The van der Waals surface area contributed by atoms with Gasteiger partial charge in [0.05, 0.1) is 25.6 Å². The molecule has 0 saturated carbocycles. The number of benzene rings is 1. The number of hydrogen-bond acceptors (Lipinski definition) is 5. The number of nitrogens with zero attached hydrogens (tertiary/aromatic N) is 2. The zero-order chi connectivity index (χ0) is 15.7. The second-order valence-corrected chi connectivity index (χ2v) is 4.69. The van der Waals surface area contributed by atoms with Gasteiger partial charge < -0.3 is 15.2 Å². The fourth-order valence-electron chi connectivity index (χ4n) is 2.38. The smallest absolute Gasteiger partial charge is 0.272 e. The van der Waals surface area contributed by atoms with E-state index in [4.69, 9.17) is 15.2 Å². The van der Waals surface area contributed by atoms with Crippen LogP contribution in [0, 0.1) is 0 Å². The molecule has 0 amide bonds. The molecule has 2 aromatic heterocycles. The monoisotopic (exact) mass is 300 g/mol. The van der Waals surface area contributed by atoms with Crippen LogP contribution in [-0.2, 0) is 6.54 Å². The summed E-state index contributed by atoms with van der Waals surface area (Å²) in [4.78, 5) is 16.4. The first-order valence-electron chi connectivity index (χ1n) is 6.71. The number of para-hydroxylation sites is 1. The Morgan fingerprint density at radius 2 is 2.09 bits per heavy atom. The molecule has 22 heavy (non-hydrogen) atoms. The lowest BCUT2D eigenvalue weighted by atomic mass is 10.1. The molecule has 3 aromatic rings. The summed E-state index contributed by atoms with van der Waals surface area (Å²) < 4.78 is 12.1. The van der Waals surface area contributed by atoms with Crippen LogP contribution in [0.2, 0.25) is 0 Å². The third-order valence-corrected chi connectivity index (χ3v) is 3.41. The maximum atomic E-state index is 12.1. The van der Waals surface area contributed by atoms with Crippen molar-refractivity contribution in [3.8, 4) is 22.8 Å². The van der Waals surface area contributed by atoms with E-state index < -0.39 is 0 Å². The molecule has 1 aromatic carbocycles. The third kappa shape index (κ3) is 2.21. The van der Waals surface area contributed by atoms with Crippen LogP contribution in [0.25, 0.3) is 16.9 Å². The molecule has 0 aliphatic heterocycles. The van der Waals surface area contributed by atoms with Gasteiger partial charge in [-0.15, -0.1) is 0 Å². The van der Waals surface area contributed by atoms with E-state index in [1.807, 2.05) is 18.2 Å². The first-order chi connectivity index (χ1) is 10.7. The summed E-state index contributed by atoms with van der Waals surface area (Å²) >= 11 is 0. The Morgan fingerprint density at radius 1 is 1.27 bits per heavy atom. The molecule has 3 N–H and O–H groups in total. The molecule has 0 aliphatic rings. The van der Waals surface area contributed by atoms with Gasteiger partial charge in [0.15, 0.2) is 17.1 Å². The molecule has 0 radical (unpaired) electrons. The first kappa shape index (κ1) is 14.2. The highest BCUT2D eigenvalue weighted by atomic mass is 16.5. The van der Waals surface area contributed by atoms with Gasteiger partial charge in [-0.3, -0.25) is 9.89 Å². The summed E-state index contributed by atoms with van der Waals surface area (Å²) in [7, 11) is 3.15. The number of nitrogens with one attached hydrogen (secondary N) is 1. The Morgan fingerprint density at radius 3 is 2.77 bits per heavy atom. The van der Waals surface area contributed by atoms with Crippen LogP contribution in [0.4, 0.5) is 0 Å². The number of aromatic nitrogens is 3. The zero-order valence-electron chi connectivity index (χ0n) is 12.3. The molecular formula is C15H16N4O3. The highest BCUT2D eigenvalue weighted by Crippen LogP contribution is 2.37. The topological polar surface area (TPSA) is 94.6 Å². The molecule has 114 valence electrons. The number of H-pyrrole nitrogens is 1. The van der Waals surface area contributed by atoms with E-state index in [0.29, 0.717) is 28.5 Å². The molecule has 3 rings (SSSR count). The minimum atomic E-state index is -0.210. The lowest BCUT2D eigenvalue weighted by Gasteiger charge is -2.11. The Hall–Kier alpha value is -2.80. The van der Waals surface area contributed by atoms with Crippen molar-refractivity contribution in [1.29, 1.82) is 0 Å². The zero-order valence-corrected chi connectivity index (χ0v) is 12.3. The van der Waals surface area contributed by atoms with E-state index in [0.717, 1.165) is 5.56 Å². The maximum absolute atomic E-state index is 12.1. The van der Waals surface area contributed by atoms with Gasteiger partial charge in [0.2, 0.25) is 0 Å². The second kappa shape index (κ2) is 5.53. The third-order valence-electron chi connectivity index (χ3n) is 3.41. The van der Waals surface area contributed by atoms with Gasteiger partial charge in [-0.05, 0) is 12.1 Å². The Bertz CT molecular complexity index is 882. The number of aromatic amines is 1. The summed E-state index contributed by atoms with van der Waals surface area (Å²) in [5, 5.41) is 3.02. The lowest BCUT2D eigenvalue weighted by Crippen LogP contribution is -2.16. The number of nitrogens with two attached hydrogens (primary N) is 1. The molecule has 0 atom stereocenters. The van der Waals surface area contributed by atoms with E-state index in [9.17, 15) is 4.79 Å². The highest BCUT2D eigenvalue weighted by molar-refractivity contribution is 5.73. The van der Waals surface area contributed by atoms with Crippen molar-refractivity contribution < 1.29 is 9.47 Å². The summed E-state index contributed by atoms with van der Waals surface area (Å²) in [6.07, 6.45) is 0. The van der Waals surface area contributed by atoms with Crippen molar-refractivity contribution in [2.45, 2.75) is 6.54 Å². The standard InChI is InChI=1S/C15H16N4O3/c1-21-12-5-3-4-10(15(12)22-2)11-7-13-17-9(8-16)6-14(20)19(13)18-11/h3-7,18H,8,16H2,1-2H3. The van der Waals surface area contributed by atoms with Gasteiger partial charge in [0.1, 0.15) is 0 Å². The normalized spacial score (nSPS) is 10.9. The van der Waals surface area contributed by atoms with Crippen LogP contribution >= 0.6 is 0 Å². The van der Waals surface area contributed by atoms with Crippen LogP contribution in [0.5, 0.6) is 11.5 Å². The Kier molecular flexibility index (Phi) is 3.56. The molecule has 0 aliphatic carbocycles. The molecule has 7 nitrogen and oxygen atoms in total. The summed E-state index contributed by atoms with van der Waals surface area (Å²) in [5.74, 6) is 1.20. The van der Waals surface area contributed by atoms with E-state index in [1.165, 1.54) is 10.6 Å². The van der Waals surface area contributed by atoms with Crippen LogP contribution in [0.15, 0.2) is 35.1 Å². The summed E-state index contributed by atoms with van der Waals surface area (Å²) in [6, 6.07) is 8.72. The lowest BCUT2D eigenvalue weighted by molar-refractivity contribution is 0.356. The number of methoxy groups -OCH3 is 2. The van der Waals surface area contributed by atoms with Crippen LogP contribution in [0.1, 0.15) is 5.69 Å². The number of fused-ring (bicyclic) bond motifs is 1. The van der Waals surface area contributed by atoms with Crippen molar-refractivity contribution in [3.63, 3.8) is 0 Å². The fraction of sp³-hybridized carbons (Fsp3) is 0.200. The average molecular weight is 300 g/mol. The fourth-order valence-corrected chi connectivity index (χ4v) is 2.38. The van der Waals surface area contributed by atoms with E-state index in [1.54, 1.807) is 20.3 Å². The minimum Gasteiger partial charge on any atom is -0.493 e. The van der Waals surface area contributed by atoms with Crippen molar-refractivity contribution in [3.05, 3.63) is 46.4 Å². The van der Waals surface area contributed by atoms with Crippen LogP contribution < -0.4 is 20.8 Å². The minimum absolute atomic E-state index is 0.210. The molecule has 0 bridgehead atoms. The molecular weight excluding hydrogens is 284 g/mol. The van der Waals surface area contributed by atoms with Crippen molar-refractivity contribution in [2.24, 2.45) is 5.73 Å². The van der Waals surface area contributed by atoms with Crippen molar-refractivity contribution in [1.82, 2.24) is 14.6 Å². The summed E-state index contributed by atoms with van der Waals surface area (Å²) in [5.41, 5.74) is 7.88. The maximum Gasteiger partial charge on any atom is 0.272 e. The van der Waals surface area contributed by atoms with E-state index in [2.05, 4.69) is 10.1 Å². The molecule has 0 spiro atoms. The highest BCUT2D eigenvalue weighted by Gasteiger charge is 2.14. The van der Waals surface area contributed by atoms with Crippen LogP contribution in [-0.4, -0.2) is 28.8 Å². The predicted octanol–water partition coefficient (Wildman–Crippen LogP) is 1.17. The largest absolute Gasteiger partial charge is 0.493 e. The van der Waals surface area contributed by atoms with Crippen molar-refractivity contribution >= 4 is 5.65 Å². The molecule has 2 heterocycles. The average Bonchev–Trinajstić information content (AvgIpc) is 2.98. The quantitative estimate of drug-likeness (QED) is 0.754. The van der Waals surface area contributed by atoms with Gasteiger partial charge in [-0.25, -0.2) is 9.50 Å². The predicted molar refractivity (Wildman–Crippen MR) is 82.2 cm³/mol. The number of ether oxygens (including phenoxy) is 2. The van der Waals surface area contributed by atoms with Gasteiger partial charge >= 0.3 is 0 Å². The van der Waals surface area contributed by atoms with Crippen LogP contribution in [0.3, 0.4) is 0 Å². The molecule has 7 heteroatoms. The molecule has 0 fully saturated rings. The Balaban J connectivity index is 2.23. The summed E-state index contributed by atoms with van der Waals surface area (Å²) in [6.45, 7) is 0.217. The molecule has 0 saturated heterocycles. The van der Waals surface area contributed by atoms with Gasteiger partial charge in [-0.1, -0.05) is 6.07 Å². The Labute approximate surface area is 126 Å². The van der Waals surface area contributed by atoms with Gasteiger partial charge in [-0.2, -0.15) is 0 Å².